The van der Waals surface area contributed by atoms with Crippen LogP contribution in [0.4, 0.5) is 0 Å². The molecule has 0 rings (SSSR count). The molecule has 0 aromatic heterocycles. The molecular formula is C5H12O7P2S2-2. The summed E-state index contributed by atoms with van der Waals surface area (Å²) in [5.74, 6) is 0. The molecule has 0 heterocycles. The van der Waals surface area contributed by atoms with Gasteiger partial charge in [0.25, 0.3) is 0 Å². The summed E-state index contributed by atoms with van der Waals surface area (Å²) in [6.07, 6.45) is -1.18. The van der Waals surface area contributed by atoms with Crippen LogP contribution in [-0.4, -0.2) is 38.6 Å². The Labute approximate surface area is 104 Å². The molecule has 0 saturated heterocycles. The van der Waals surface area contributed by atoms with Gasteiger partial charge in [0.05, 0.1) is 13.2 Å². The van der Waals surface area contributed by atoms with E-state index in [0.717, 1.165) is 14.2 Å². The number of hydrogen-bond donors (Lipinski definition) is 1. The molecular weight excluding hydrogens is 298 g/mol. The van der Waals surface area contributed by atoms with E-state index in [1.54, 1.807) is 0 Å². The van der Waals surface area contributed by atoms with Crippen LogP contribution in [0.15, 0.2) is 0 Å². The molecule has 98 valence electrons. The highest BCUT2D eigenvalue weighted by atomic mass is 32.7. The van der Waals surface area contributed by atoms with E-state index in [1.165, 1.54) is 0 Å². The lowest BCUT2D eigenvalue weighted by atomic mass is 10.4. The summed E-state index contributed by atoms with van der Waals surface area (Å²) >= 11 is 8.81. The van der Waals surface area contributed by atoms with Gasteiger partial charge in [-0.3, -0.25) is 4.57 Å². The zero-order valence-electron chi connectivity index (χ0n) is 8.60. The first-order valence-electron chi connectivity index (χ1n) is 3.93. The van der Waals surface area contributed by atoms with Crippen molar-refractivity contribution in [1.29, 1.82) is 0 Å². The van der Waals surface area contributed by atoms with Crippen LogP contribution in [0.1, 0.15) is 0 Å². The topological polar surface area (TPSA) is 97.3 Å². The lowest BCUT2D eigenvalue weighted by Gasteiger charge is -2.27. The SMILES string of the molecule is COP(=O)([S-])OCC(O)COP([O-])(=S)OC. The fourth-order valence-corrected chi connectivity index (χ4v) is 1.79. The van der Waals surface area contributed by atoms with E-state index in [0.29, 0.717) is 0 Å². The normalized spacial score (nSPS) is 21.1. The van der Waals surface area contributed by atoms with Gasteiger partial charge in [-0.05, 0) is 0 Å². The van der Waals surface area contributed by atoms with Gasteiger partial charge >= 0.3 is 0 Å². The third-order valence-electron chi connectivity index (χ3n) is 1.30. The van der Waals surface area contributed by atoms with E-state index < -0.39 is 19.6 Å². The second-order valence-electron chi connectivity index (χ2n) is 2.50. The van der Waals surface area contributed by atoms with Crippen molar-refractivity contribution in [3.05, 3.63) is 0 Å². The molecule has 3 unspecified atom stereocenters. The zero-order chi connectivity index (χ0) is 12.8. The minimum absolute atomic E-state index is 0.381. The van der Waals surface area contributed by atoms with Crippen LogP contribution in [0.3, 0.4) is 0 Å². The summed E-state index contributed by atoms with van der Waals surface area (Å²) in [7, 11) is 2.25. The van der Waals surface area contributed by atoms with E-state index in [4.69, 9.17) is 0 Å². The van der Waals surface area contributed by atoms with Crippen LogP contribution < -0.4 is 4.89 Å². The number of rotatable bonds is 8. The predicted molar refractivity (Wildman–Crippen MR) is 61.2 cm³/mol. The van der Waals surface area contributed by atoms with Gasteiger partial charge in [-0.2, -0.15) is 0 Å². The summed E-state index contributed by atoms with van der Waals surface area (Å²) in [5, 5.41) is 9.27. The Balaban J connectivity index is 3.89. The summed E-state index contributed by atoms with van der Waals surface area (Å²) in [6.45, 7) is -7.88. The van der Waals surface area contributed by atoms with Crippen molar-refractivity contribution in [1.82, 2.24) is 0 Å². The Bertz CT molecular complexity index is 271. The molecule has 0 bridgehead atoms. The van der Waals surface area contributed by atoms with Crippen LogP contribution >= 0.6 is 13.5 Å². The van der Waals surface area contributed by atoms with Gasteiger partial charge < -0.3 is 40.3 Å². The molecule has 0 aromatic carbocycles. The van der Waals surface area contributed by atoms with E-state index in [1.807, 2.05) is 0 Å². The van der Waals surface area contributed by atoms with E-state index in [9.17, 15) is 14.6 Å². The molecule has 0 aliphatic rings. The van der Waals surface area contributed by atoms with Crippen LogP contribution in [0.25, 0.3) is 0 Å². The third kappa shape index (κ3) is 8.14. The Morgan fingerprint density at radius 2 is 1.88 bits per heavy atom. The molecule has 0 spiro atoms. The Hall–Kier alpha value is 0.990. The van der Waals surface area contributed by atoms with Crippen molar-refractivity contribution < 1.29 is 32.7 Å². The first-order chi connectivity index (χ1) is 7.22. The van der Waals surface area contributed by atoms with Crippen molar-refractivity contribution in [2.45, 2.75) is 6.10 Å². The molecule has 11 heteroatoms. The molecule has 0 radical (unpaired) electrons. The molecule has 0 aliphatic carbocycles. The summed E-state index contributed by atoms with van der Waals surface area (Å²) < 4.78 is 29.0. The van der Waals surface area contributed by atoms with Crippen molar-refractivity contribution in [2.75, 3.05) is 27.4 Å². The molecule has 0 aromatic rings. The van der Waals surface area contributed by atoms with Crippen molar-refractivity contribution in [3.63, 3.8) is 0 Å². The fourth-order valence-electron chi connectivity index (χ4n) is 0.508. The van der Waals surface area contributed by atoms with Gasteiger partial charge in [0, 0.05) is 14.2 Å². The summed E-state index contributed by atoms with van der Waals surface area (Å²) in [6, 6.07) is 0. The zero-order valence-corrected chi connectivity index (χ0v) is 12.0. The Kier molecular flexibility index (Phi) is 7.89. The highest BCUT2D eigenvalue weighted by Crippen LogP contribution is 2.44. The monoisotopic (exact) mass is 310 g/mol. The number of aliphatic hydroxyl groups is 1. The van der Waals surface area contributed by atoms with Gasteiger partial charge in [-0.25, -0.2) is 0 Å². The Morgan fingerprint density at radius 1 is 1.38 bits per heavy atom. The van der Waals surface area contributed by atoms with Gasteiger partial charge in [-0.1, -0.05) is 11.8 Å². The highest BCUT2D eigenvalue weighted by Gasteiger charge is 2.12. The van der Waals surface area contributed by atoms with Gasteiger partial charge in [0.2, 0.25) is 0 Å². The van der Waals surface area contributed by atoms with E-state index in [2.05, 4.69) is 42.2 Å². The summed E-state index contributed by atoms with van der Waals surface area (Å²) in [5.41, 5.74) is 0. The van der Waals surface area contributed by atoms with E-state index in [-0.39, 0.29) is 13.2 Å². The molecule has 16 heavy (non-hydrogen) atoms. The summed E-state index contributed by atoms with van der Waals surface area (Å²) in [4.78, 5) is 11.1. The van der Waals surface area contributed by atoms with Crippen molar-refractivity contribution in [2.24, 2.45) is 0 Å². The lowest BCUT2D eigenvalue weighted by Crippen LogP contribution is -2.22. The first-order valence-corrected chi connectivity index (χ1v) is 9.04. The van der Waals surface area contributed by atoms with Crippen LogP contribution in [-0.2, 0) is 46.7 Å². The smallest absolute Gasteiger partial charge is 0.199 e. The quantitative estimate of drug-likeness (QED) is 0.487. The minimum atomic E-state index is -3.56. The van der Waals surface area contributed by atoms with Crippen molar-refractivity contribution >= 4 is 37.6 Å². The maximum atomic E-state index is 11.1. The fraction of sp³-hybridized carbons (Fsp3) is 1.00. The number of aliphatic hydroxyl groups excluding tert-OH is 1. The lowest BCUT2D eigenvalue weighted by molar-refractivity contribution is -0.206. The molecule has 0 fully saturated rings. The second-order valence-corrected chi connectivity index (χ2v) is 8.22. The second kappa shape index (κ2) is 7.43. The molecule has 3 atom stereocenters. The number of hydrogen-bond acceptors (Lipinski definition) is 9. The molecule has 0 saturated carbocycles. The molecule has 0 aliphatic heterocycles. The van der Waals surface area contributed by atoms with Gasteiger partial charge in [0.15, 0.2) is 6.80 Å². The average Bonchev–Trinajstić information content (AvgIpc) is 2.24. The molecule has 0 amide bonds. The Morgan fingerprint density at radius 3 is 2.31 bits per heavy atom. The largest absolute Gasteiger partial charge is 0.780 e. The van der Waals surface area contributed by atoms with Crippen LogP contribution in [0.5, 0.6) is 0 Å². The first kappa shape index (κ1) is 17.0. The van der Waals surface area contributed by atoms with E-state index >= 15 is 0 Å². The minimum Gasteiger partial charge on any atom is -0.780 e. The molecule has 7 nitrogen and oxygen atoms in total. The van der Waals surface area contributed by atoms with Gasteiger partial charge in [-0.15, -0.1) is 0 Å². The maximum absolute atomic E-state index is 11.1. The average molecular weight is 310 g/mol. The van der Waals surface area contributed by atoms with Crippen LogP contribution in [0.2, 0.25) is 0 Å². The van der Waals surface area contributed by atoms with Gasteiger partial charge in [0.1, 0.15) is 12.8 Å². The highest BCUT2D eigenvalue weighted by molar-refractivity contribution is 8.32. The maximum Gasteiger partial charge on any atom is 0.199 e. The van der Waals surface area contributed by atoms with Crippen LogP contribution in [0, 0.1) is 0 Å². The predicted octanol–water partition coefficient (Wildman–Crippen LogP) is -0.0869. The van der Waals surface area contributed by atoms with Crippen molar-refractivity contribution in [3.8, 4) is 0 Å². The standard InChI is InChI=1S/C5H14O7P2S2/c1-9-13(7,15)11-3-5(6)4-12-14(8,16)10-2/h5-6H,3-4H2,1-2H3,(H,7,15)(H,8,16)/p-2. The third-order valence-corrected chi connectivity index (χ3v) is 4.65. The molecule has 1 N–H and O–H groups in total.